The van der Waals surface area contributed by atoms with Crippen LogP contribution < -0.4 is 10.0 Å². The first kappa shape index (κ1) is 25.2. The van der Waals surface area contributed by atoms with Crippen molar-refractivity contribution in [3.63, 3.8) is 0 Å². The number of nitrogens with zero attached hydrogens (tertiary/aromatic N) is 2. The highest BCUT2D eigenvalue weighted by Crippen LogP contribution is 2.23. The van der Waals surface area contributed by atoms with Crippen LogP contribution in [0.2, 0.25) is 0 Å². The average molecular weight is 471 g/mol. The fraction of sp³-hybridized carbons (Fsp3) is 0.526. The number of carbonyl (C=O) groups is 3. The monoisotopic (exact) mass is 470 g/mol. The lowest BCUT2D eigenvalue weighted by molar-refractivity contribution is -0.387. The van der Waals surface area contributed by atoms with Gasteiger partial charge in [0.25, 0.3) is 5.69 Å². The van der Waals surface area contributed by atoms with Crippen LogP contribution in [0.15, 0.2) is 29.2 Å². The number of carboxylic acid groups (broad SMARTS) is 1. The van der Waals surface area contributed by atoms with Crippen molar-refractivity contribution in [1.82, 2.24) is 14.9 Å². The van der Waals surface area contributed by atoms with Crippen molar-refractivity contribution in [2.24, 2.45) is 5.92 Å². The average Bonchev–Trinajstić information content (AvgIpc) is 3.25. The second-order valence-corrected chi connectivity index (χ2v) is 9.44. The van der Waals surface area contributed by atoms with Crippen molar-refractivity contribution in [3.8, 4) is 0 Å². The first-order chi connectivity index (χ1) is 14.9. The maximum Gasteiger partial charge on any atom is 0.305 e. The summed E-state index contributed by atoms with van der Waals surface area (Å²) in [4.78, 5) is 48.0. The molecule has 1 fully saturated rings. The third-order valence-electron chi connectivity index (χ3n) is 4.99. The van der Waals surface area contributed by atoms with Gasteiger partial charge in [0.2, 0.25) is 21.8 Å². The highest BCUT2D eigenvalue weighted by atomic mass is 32.2. The molecule has 0 spiro atoms. The van der Waals surface area contributed by atoms with Gasteiger partial charge < -0.3 is 15.3 Å². The molecule has 12 nitrogen and oxygen atoms in total. The third kappa shape index (κ3) is 6.23. The van der Waals surface area contributed by atoms with Gasteiger partial charge in [-0.15, -0.1) is 0 Å². The van der Waals surface area contributed by atoms with Crippen LogP contribution in [0, 0.1) is 16.0 Å². The molecule has 2 amide bonds. The van der Waals surface area contributed by atoms with Crippen molar-refractivity contribution in [2.45, 2.75) is 50.1 Å². The van der Waals surface area contributed by atoms with Crippen molar-refractivity contribution in [2.75, 3.05) is 13.1 Å². The molecule has 1 aliphatic rings. The quantitative estimate of drug-likeness (QED) is 0.327. The number of sulfonamides is 1. The Hall–Kier alpha value is -3.06. The minimum absolute atomic E-state index is 0.447. The number of para-hydroxylation sites is 1. The minimum Gasteiger partial charge on any atom is -0.481 e. The number of benzene rings is 1. The number of hydrogen-bond donors (Lipinski definition) is 3. The Kier molecular flexibility index (Phi) is 8.27. The predicted octanol–water partition coefficient (Wildman–Crippen LogP) is 0.480. The molecule has 1 aromatic carbocycles. The summed E-state index contributed by atoms with van der Waals surface area (Å²) < 4.78 is 27.8. The summed E-state index contributed by atoms with van der Waals surface area (Å²) in [6.07, 6.45) is 0.871. The van der Waals surface area contributed by atoms with Crippen LogP contribution in [0.5, 0.6) is 0 Å². The summed E-state index contributed by atoms with van der Waals surface area (Å²) in [7, 11) is -4.48. The largest absolute Gasteiger partial charge is 0.481 e. The molecule has 1 aromatic rings. The summed E-state index contributed by atoms with van der Waals surface area (Å²) in [5.74, 6) is -3.37. The third-order valence-corrected chi connectivity index (χ3v) is 6.48. The van der Waals surface area contributed by atoms with E-state index < -0.39 is 67.7 Å². The van der Waals surface area contributed by atoms with Crippen molar-refractivity contribution >= 4 is 33.5 Å². The number of likely N-dealkylation sites (tertiary alicyclic amines) is 1. The van der Waals surface area contributed by atoms with E-state index in [1.54, 1.807) is 13.8 Å². The Morgan fingerprint density at radius 1 is 1.19 bits per heavy atom. The molecule has 0 bridgehead atoms. The van der Waals surface area contributed by atoms with Gasteiger partial charge in [-0.2, -0.15) is 4.72 Å². The molecular formula is C19H26N4O8S. The van der Waals surface area contributed by atoms with E-state index in [1.807, 2.05) is 0 Å². The zero-order valence-corrected chi connectivity index (χ0v) is 18.5. The topological polar surface area (TPSA) is 176 Å². The van der Waals surface area contributed by atoms with Crippen molar-refractivity contribution in [1.29, 1.82) is 0 Å². The van der Waals surface area contributed by atoms with Crippen LogP contribution >= 0.6 is 0 Å². The maximum atomic E-state index is 12.9. The van der Waals surface area contributed by atoms with Crippen LogP contribution in [0.4, 0.5) is 5.69 Å². The Balaban J connectivity index is 2.26. The Labute approximate surface area is 185 Å². The molecule has 1 saturated heterocycles. The van der Waals surface area contributed by atoms with Gasteiger partial charge in [0.05, 0.1) is 11.3 Å². The molecule has 176 valence electrons. The molecule has 2 rings (SSSR count). The van der Waals surface area contributed by atoms with Crippen LogP contribution in [-0.4, -0.2) is 66.3 Å². The number of nitro groups is 1. The molecule has 13 heteroatoms. The molecule has 0 saturated carbocycles. The second-order valence-electron chi connectivity index (χ2n) is 7.76. The molecule has 0 radical (unpaired) electrons. The molecule has 3 N–H and O–H groups in total. The van der Waals surface area contributed by atoms with Crippen molar-refractivity contribution in [3.05, 3.63) is 34.4 Å². The fourth-order valence-electron chi connectivity index (χ4n) is 3.35. The van der Waals surface area contributed by atoms with E-state index >= 15 is 0 Å². The van der Waals surface area contributed by atoms with E-state index in [4.69, 9.17) is 5.11 Å². The lowest BCUT2D eigenvalue weighted by Crippen LogP contribution is -2.56. The second kappa shape index (κ2) is 10.5. The summed E-state index contributed by atoms with van der Waals surface area (Å²) in [6.45, 7) is 3.98. The molecule has 0 aromatic heterocycles. The molecule has 2 atom stereocenters. The molecule has 1 unspecified atom stereocenters. The number of amides is 2. The lowest BCUT2D eigenvalue weighted by atomic mass is 10.0. The van der Waals surface area contributed by atoms with Gasteiger partial charge >= 0.3 is 5.97 Å². The number of aliphatic carboxylic acids is 1. The number of carbonyl (C=O) groups excluding carboxylic acids is 2. The van der Waals surface area contributed by atoms with Crippen LogP contribution in [0.25, 0.3) is 0 Å². The Morgan fingerprint density at radius 2 is 1.78 bits per heavy atom. The Bertz CT molecular complexity index is 989. The summed E-state index contributed by atoms with van der Waals surface area (Å²) in [5.41, 5.74) is -0.657. The van der Waals surface area contributed by atoms with Crippen LogP contribution in [0.3, 0.4) is 0 Å². The lowest BCUT2D eigenvalue weighted by Gasteiger charge is -2.27. The van der Waals surface area contributed by atoms with Gasteiger partial charge in [-0.25, -0.2) is 8.42 Å². The first-order valence-electron chi connectivity index (χ1n) is 10.0. The summed E-state index contributed by atoms with van der Waals surface area (Å²) in [6, 6.07) is 1.92. The summed E-state index contributed by atoms with van der Waals surface area (Å²) in [5, 5.41) is 22.7. The van der Waals surface area contributed by atoms with Gasteiger partial charge in [-0.05, 0) is 24.8 Å². The highest BCUT2D eigenvalue weighted by Gasteiger charge is 2.36. The SMILES string of the molecule is CC(C)C(NS(=O)(=O)c1ccccc1[N+](=O)[O-])C(=O)N[C@@H](CC(=O)O)C(=O)N1CCCC1. The fourth-order valence-corrected chi connectivity index (χ4v) is 4.87. The molecule has 0 aliphatic carbocycles. The Morgan fingerprint density at radius 3 is 2.31 bits per heavy atom. The van der Waals surface area contributed by atoms with E-state index in [2.05, 4.69) is 10.0 Å². The maximum absolute atomic E-state index is 12.9. The van der Waals surface area contributed by atoms with Crippen LogP contribution in [-0.2, 0) is 24.4 Å². The zero-order chi connectivity index (χ0) is 24.1. The van der Waals surface area contributed by atoms with E-state index in [9.17, 15) is 32.9 Å². The summed E-state index contributed by atoms with van der Waals surface area (Å²) >= 11 is 0. The number of rotatable bonds is 10. The van der Waals surface area contributed by atoms with E-state index in [1.165, 1.54) is 17.0 Å². The van der Waals surface area contributed by atoms with Gasteiger partial charge in [0, 0.05) is 19.2 Å². The molecular weight excluding hydrogens is 444 g/mol. The minimum atomic E-state index is -4.48. The number of nitro benzene ring substituents is 1. The highest BCUT2D eigenvalue weighted by molar-refractivity contribution is 7.89. The standard InChI is InChI=1S/C19H26N4O8S/c1-12(2)17(21-32(30,31)15-8-4-3-7-14(15)23(28)29)18(26)20-13(11-16(24)25)19(27)22-9-5-6-10-22/h3-4,7-8,12-13,17,21H,5-6,9-11H2,1-2H3,(H,20,26)(H,24,25)/t13-,17?/m0/s1. The molecule has 32 heavy (non-hydrogen) atoms. The zero-order valence-electron chi connectivity index (χ0n) is 17.7. The smallest absolute Gasteiger partial charge is 0.305 e. The van der Waals surface area contributed by atoms with Gasteiger partial charge in [-0.3, -0.25) is 24.5 Å². The van der Waals surface area contributed by atoms with Crippen LogP contribution in [0.1, 0.15) is 33.1 Å². The molecule has 1 aliphatic heterocycles. The number of nitrogens with one attached hydrogen (secondary N) is 2. The number of hydrogen-bond acceptors (Lipinski definition) is 7. The van der Waals surface area contributed by atoms with Gasteiger partial charge in [0.1, 0.15) is 12.1 Å². The van der Waals surface area contributed by atoms with E-state index in [0.29, 0.717) is 13.1 Å². The van der Waals surface area contributed by atoms with Gasteiger partial charge in [-0.1, -0.05) is 26.0 Å². The van der Waals surface area contributed by atoms with E-state index in [0.717, 1.165) is 25.0 Å². The molecule has 1 heterocycles. The first-order valence-corrected chi connectivity index (χ1v) is 11.5. The normalized spacial score (nSPS) is 15.9. The number of carboxylic acids is 1. The van der Waals surface area contributed by atoms with E-state index in [-0.39, 0.29) is 0 Å². The predicted molar refractivity (Wildman–Crippen MR) is 112 cm³/mol. The van der Waals surface area contributed by atoms with Crippen molar-refractivity contribution < 1.29 is 32.8 Å². The van der Waals surface area contributed by atoms with Gasteiger partial charge in [0.15, 0.2) is 4.90 Å².